The first kappa shape index (κ1) is 15.3. The summed E-state index contributed by atoms with van der Waals surface area (Å²) in [6, 6.07) is 0. The number of piperidine rings is 1. The van der Waals surface area contributed by atoms with Gasteiger partial charge in [-0.1, -0.05) is 0 Å². The third-order valence-corrected chi connectivity index (χ3v) is 3.86. The van der Waals surface area contributed by atoms with Crippen molar-refractivity contribution in [2.45, 2.75) is 58.2 Å². The van der Waals surface area contributed by atoms with E-state index in [1.54, 1.807) is 4.90 Å². The molecule has 5 heteroatoms. The smallest absolute Gasteiger partial charge is 0.410 e. The molecule has 2 rings (SSSR count). The molecule has 1 amide bonds. The lowest BCUT2D eigenvalue weighted by Crippen LogP contribution is -2.45. The normalized spacial score (nSPS) is 25.6. The van der Waals surface area contributed by atoms with E-state index in [1.807, 2.05) is 20.8 Å². The highest BCUT2D eigenvalue weighted by atomic mass is 16.6. The molecule has 1 unspecified atom stereocenters. The number of ketones is 1. The van der Waals surface area contributed by atoms with Crippen LogP contribution in [0.25, 0.3) is 0 Å². The van der Waals surface area contributed by atoms with Crippen LogP contribution in [0.3, 0.4) is 0 Å². The van der Waals surface area contributed by atoms with Gasteiger partial charge in [0.15, 0.2) is 0 Å². The number of carbonyl (C=O) groups excluding carboxylic acids is 2. The predicted octanol–water partition coefficient (Wildman–Crippen LogP) is 2.38. The van der Waals surface area contributed by atoms with Crippen molar-refractivity contribution >= 4 is 11.9 Å². The Balaban J connectivity index is 1.80. The zero-order valence-electron chi connectivity index (χ0n) is 12.7. The second-order valence-corrected chi connectivity index (χ2v) is 6.71. The number of ether oxygens (including phenoxy) is 2. The molecular weight excluding hydrogens is 258 g/mol. The van der Waals surface area contributed by atoms with E-state index in [4.69, 9.17) is 9.47 Å². The molecule has 2 saturated heterocycles. The largest absolute Gasteiger partial charge is 0.444 e. The quantitative estimate of drug-likeness (QED) is 0.741. The molecule has 0 radical (unpaired) electrons. The van der Waals surface area contributed by atoms with E-state index in [1.165, 1.54) is 0 Å². The number of hydrogen-bond donors (Lipinski definition) is 0. The van der Waals surface area contributed by atoms with E-state index in [2.05, 4.69) is 0 Å². The fourth-order valence-corrected chi connectivity index (χ4v) is 2.79. The van der Waals surface area contributed by atoms with Crippen LogP contribution in [0.15, 0.2) is 0 Å². The number of likely N-dealkylation sites (tertiary alicyclic amines) is 1. The number of carbonyl (C=O) groups is 2. The van der Waals surface area contributed by atoms with Crippen molar-refractivity contribution < 1.29 is 19.1 Å². The molecule has 0 aromatic heterocycles. The fraction of sp³-hybridized carbons (Fsp3) is 0.867. The molecule has 0 aromatic carbocycles. The Morgan fingerprint density at radius 1 is 1.30 bits per heavy atom. The van der Waals surface area contributed by atoms with Crippen LogP contribution in [0, 0.1) is 5.92 Å². The standard InChI is InChI=1S/C15H25NO4/c1-15(2,3)20-14(18)16-7-4-11(5-8-16)13-10-12(17)6-9-19-13/h11,13H,4-10H2,1-3H3. The number of hydrogen-bond acceptors (Lipinski definition) is 4. The van der Waals surface area contributed by atoms with Gasteiger partial charge in [0.2, 0.25) is 0 Å². The van der Waals surface area contributed by atoms with Crippen LogP contribution in [0.4, 0.5) is 4.79 Å². The van der Waals surface area contributed by atoms with Gasteiger partial charge in [-0.15, -0.1) is 0 Å². The molecule has 2 aliphatic rings. The van der Waals surface area contributed by atoms with Gasteiger partial charge in [-0.05, 0) is 39.5 Å². The SMILES string of the molecule is CC(C)(C)OC(=O)N1CCC(C2CC(=O)CCO2)CC1. The first-order chi connectivity index (χ1) is 9.35. The van der Waals surface area contributed by atoms with E-state index in [9.17, 15) is 9.59 Å². The number of rotatable bonds is 1. The topological polar surface area (TPSA) is 55.8 Å². The highest BCUT2D eigenvalue weighted by Gasteiger charge is 2.33. The summed E-state index contributed by atoms with van der Waals surface area (Å²) in [6.07, 6.45) is 2.67. The Bertz CT molecular complexity index is 367. The van der Waals surface area contributed by atoms with Crippen LogP contribution in [0.1, 0.15) is 46.5 Å². The lowest BCUT2D eigenvalue weighted by molar-refractivity contribution is -0.132. The summed E-state index contributed by atoms with van der Waals surface area (Å²) >= 11 is 0. The first-order valence-corrected chi connectivity index (χ1v) is 7.46. The van der Waals surface area contributed by atoms with Crippen LogP contribution in [0.5, 0.6) is 0 Å². The predicted molar refractivity (Wildman–Crippen MR) is 74.5 cm³/mol. The van der Waals surface area contributed by atoms with Crippen molar-refractivity contribution in [3.05, 3.63) is 0 Å². The number of nitrogens with zero attached hydrogens (tertiary/aromatic N) is 1. The molecule has 0 bridgehead atoms. The first-order valence-electron chi connectivity index (χ1n) is 7.46. The highest BCUT2D eigenvalue weighted by Crippen LogP contribution is 2.28. The molecule has 2 heterocycles. The Labute approximate surface area is 120 Å². The highest BCUT2D eigenvalue weighted by molar-refractivity contribution is 5.79. The summed E-state index contributed by atoms with van der Waals surface area (Å²) in [5.74, 6) is 0.689. The van der Waals surface area contributed by atoms with Gasteiger partial charge in [0.05, 0.1) is 12.7 Å². The summed E-state index contributed by atoms with van der Waals surface area (Å²) in [6.45, 7) is 7.55. The van der Waals surface area contributed by atoms with Crippen molar-refractivity contribution in [2.24, 2.45) is 5.92 Å². The van der Waals surface area contributed by atoms with Crippen molar-refractivity contribution in [3.63, 3.8) is 0 Å². The van der Waals surface area contributed by atoms with E-state index in [-0.39, 0.29) is 12.2 Å². The molecule has 5 nitrogen and oxygen atoms in total. The lowest BCUT2D eigenvalue weighted by Gasteiger charge is -2.37. The Kier molecular flexibility index (Phi) is 4.68. The average Bonchev–Trinajstić information content (AvgIpc) is 2.37. The molecule has 2 fully saturated rings. The van der Waals surface area contributed by atoms with Gasteiger partial charge >= 0.3 is 6.09 Å². The van der Waals surface area contributed by atoms with Crippen LogP contribution < -0.4 is 0 Å². The molecule has 20 heavy (non-hydrogen) atoms. The molecule has 2 aliphatic heterocycles. The summed E-state index contributed by atoms with van der Waals surface area (Å²) < 4.78 is 11.1. The summed E-state index contributed by atoms with van der Waals surface area (Å²) in [4.78, 5) is 25.2. The summed E-state index contributed by atoms with van der Waals surface area (Å²) in [5.41, 5.74) is -0.452. The third-order valence-electron chi connectivity index (χ3n) is 3.86. The van der Waals surface area contributed by atoms with E-state index in [0.717, 1.165) is 12.8 Å². The zero-order valence-corrected chi connectivity index (χ0v) is 12.7. The van der Waals surface area contributed by atoms with Gasteiger partial charge in [-0.2, -0.15) is 0 Å². The van der Waals surface area contributed by atoms with Gasteiger partial charge < -0.3 is 14.4 Å². The monoisotopic (exact) mass is 283 g/mol. The fourth-order valence-electron chi connectivity index (χ4n) is 2.79. The molecule has 1 atom stereocenters. The maximum atomic E-state index is 12.0. The Hall–Kier alpha value is -1.10. The van der Waals surface area contributed by atoms with Crippen LogP contribution in [-0.4, -0.2) is 48.2 Å². The van der Waals surface area contributed by atoms with Gasteiger partial charge in [0, 0.05) is 25.9 Å². The van der Waals surface area contributed by atoms with Gasteiger partial charge in [-0.25, -0.2) is 4.79 Å². The van der Waals surface area contributed by atoms with E-state index in [0.29, 0.717) is 44.2 Å². The summed E-state index contributed by atoms with van der Waals surface area (Å²) in [7, 11) is 0. The van der Waals surface area contributed by atoms with Crippen LogP contribution >= 0.6 is 0 Å². The molecule has 0 aliphatic carbocycles. The maximum absolute atomic E-state index is 12.0. The van der Waals surface area contributed by atoms with Crippen molar-refractivity contribution in [1.29, 1.82) is 0 Å². The molecule has 0 spiro atoms. The second kappa shape index (κ2) is 6.12. The van der Waals surface area contributed by atoms with Crippen molar-refractivity contribution in [1.82, 2.24) is 4.90 Å². The zero-order chi connectivity index (χ0) is 14.8. The molecule has 0 N–H and O–H groups in total. The second-order valence-electron chi connectivity index (χ2n) is 6.71. The molecular formula is C15H25NO4. The van der Waals surface area contributed by atoms with E-state index >= 15 is 0 Å². The van der Waals surface area contributed by atoms with Crippen LogP contribution in [-0.2, 0) is 14.3 Å². The number of Topliss-reactive ketones (excluding diaryl/α,β-unsaturated/α-hetero) is 1. The minimum Gasteiger partial charge on any atom is -0.444 e. The van der Waals surface area contributed by atoms with Crippen molar-refractivity contribution in [3.8, 4) is 0 Å². The van der Waals surface area contributed by atoms with E-state index < -0.39 is 5.60 Å². The van der Waals surface area contributed by atoms with Crippen LogP contribution in [0.2, 0.25) is 0 Å². The average molecular weight is 283 g/mol. The van der Waals surface area contributed by atoms with Gasteiger partial charge in [0.1, 0.15) is 11.4 Å². The Morgan fingerprint density at radius 2 is 1.95 bits per heavy atom. The minimum absolute atomic E-state index is 0.0528. The maximum Gasteiger partial charge on any atom is 0.410 e. The van der Waals surface area contributed by atoms with Gasteiger partial charge in [0.25, 0.3) is 0 Å². The van der Waals surface area contributed by atoms with Gasteiger partial charge in [-0.3, -0.25) is 4.79 Å². The lowest BCUT2D eigenvalue weighted by atomic mass is 9.87. The summed E-state index contributed by atoms with van der Waals surface area (Å²) in [5, 5.41) is 0. The molecule has 0 saturated carbocycles. The number of amides is 1. The Morgan fingerprint density at radius 3 is 2.50 bits per heavy atom. The minimum atomic E-state index is -0.452. The third kappa shape index (κ3) is 4.20. The van der Waals surface area contributed by atoms with Crippen molar-refractivity contribution in [2.75, 3.05) is 19.7 Å². The molecule has 114 valence electrons. The molecule has 0 aromatic rings.